The summed E-state index contributed by atoms with van der Waals surface area (Å²) in [5, 5.41) is 0. The molecule has 0 aromatic heterocycles. The standard InChI is InChI=1S/C9H8N.K/c1-3-8-6-4-5-7-9(8)10-2;/h3,5-7H,1-2H2;/q-1;+1. The van der Waals surface area contributed by atoms with E-state index in [1.807, 2.05) is 12.1 Å². The predicted octanol–water partition coefficient (Wildman–Crippen LogP) is -0.534. The molecular weight excluding hydrogens is 161 g/mol. The minimum Gasteiger partial charge on any atom is -0.290 e. The second-order valence-electron chi connectivity index (χ2n) is 1.85. The molecule has 0 bridgehead atoms. The van der Waals surface area contributed by atoms with Crippen LogP contribution in [0.2, 0.25) is 0 Å². The smallest absolute Gasteiger partial charge is 0.290 e. The number of hydrogen-bond donors (Lipinski definition) is 0. The van der Waals surface area contributed by atoms with Gasteiger partial charge in [0.2, 0.25) is 0 Å². The Morgan fingerprint density at radius 3 is 2.73 bits per heavy atom. The SMILES string of the molecule is C=Cc1c[c-]ccc1N=C.[K+]. The number of nitrogens with zero attached hydrogens (tertiary/aromatic N) is 1. The first-order valence-corrected chi connectivity index (χ1v) is 2.97. The first-order valence-electron chi connectivity index (χ1n) is 2.97. The van der Waals surface area contributed by atoms with E-state index in [2.05, 4.69) is 24.4 Å². The average Bonchev–Trinajstić information content (AvgIpc) is 2.04. The molecular formula is C9H8KN. The fourth-order valence-corrected chi connectivity index (χ4v) is 0.743. The summed E-state index contributed by atoms with van der Waals surface area (Å²) < 4.78 is 0. The van der Waals surface area contributed by atoms with E-state index in [9.17, 15) is 0 Å². The summed E-state index contributed by atoms with van der Waals surface area (Å²) in [7, 11) is 0. The zero-order chi connectivity index (χ0) is 7.40. The van der Waals surface area contributed by atoms with Crippen molar-refractivity contribution in [2.24, 2.45) is 4.99 Å². The van der Waals surface area contributed by atoms with Gasteiger partial charge in [-0.25, -0.2) is 0 Å². The van der Waals surface area contributed by atoms with Crippen LogP contribution in [0.3, 0.4) is 0 Å². The van der Waals surface area contributed by atoms with E-state index in [-0.39, 0.29) is 51.4 Å². The summed E-state index contributed by atoms with van der Waals surface area (Å²) in [6, 6.07) is 8.41. The molecule has 0 saturated carbocycles. The van der Waals surface area contributed by atoms with Gasteiger partial charge in [0, 0.05) is 0 Å². The second-order valence-corrected chi connectivity index (χ2v) is 1.85. The molecule has 0 heterocycles. The Morgan fingerprint density at radius 2 is 2.27 bits per heavy atom. The summed E-state index contributed by atoms with van der Waals surface area (Å²) >= 11 is 0. The van der Waals surface area contributed by atoms with Gasteiger partial charge < -0.3 is 0 Å². The topological polar surface area (TPSA) is 12.4 Å². The van der Waals surface area contributed by atoms with Gasteiger partial charge in [-0.05, 0) is 12.4 Å². The normalized spacial score (nSPS) is 8.00. The molecule has 0 atom stereocenters. The maximum absolute atomic E-state index is 3.80. The summed E-state index contributed by atoms with van der Waals surface area (Å²) in [4.78, 5) is 3.80. The van der Waals surface area contributed by atoms with Crippen molar-refractivity contribution in [3.8, 4) is 0 Å². The van der Waals surface area contributed by atoms with Gasteiger partial charge in [0.15, 0.2) is 0 Å². The van der Waals surface area contributed by atoms with E-state index in [0.717, 1.165) is 11.3 Å². The minimum absolute atomic E-state index is 0. The van der Waals surface area contributed by atoms with Crippen LogP contribution in [0.5, 0.6) is 0 Å². The monoisotopic (exact) mass is 169 g/mol. The molecule has 0 aliphatic rings. The van der Waals surface area contributed by atoms with Crippen LogP contribution < -0.4 is 51.4 Å². The van der Waals surface area contributed by atoms with E-state index in [1.165, 1.54) is 0 Å². The molecule has 0 aliphatic carbocycles. The van der Waals surface area contributed by atoms with Crippen molar-refractivity contribution in [3.05, 3.63) is 36.4 Å². The molecule has 50 valence electrons. The molecule has 0 unspecified atom stereocenters. The molecule has 2 heteroatoms. The summed E-state index contributed by atoms with van der Waals surface area (Å²) in [6.07, 6.45) is 1.74. The molecule has 0 amide bonds. The van der Waals surface area contributed by atoms with Crippen molar-refractivity contribution < 1.29 is 51.4 Å². The number of rotatable bonds is 2. The van der Waals surface area contributed by atoms with Gasteiger partial charge in [-0.15, -0.1) is 24.3 Å². The molecule has 1 rings (SSSR count). The minimum atomic E-state index is 0. The summed E-state index contributed by atoms with van der Waals surface area (Å²) in [5.41, 5.74) is 1.83. The van der Waals surface area contributed by atoms with Crippen molar-refractivity contribution in [3.63, 3.8) is 0 Å². The van der Waals surface area contributed by atoms with E-state index in [1.54, 1.807) is 12.1 Å². The van der Waals surface area contributed by atoms with Crippen LogP contribution in [-0.4, -0.2) is 6.72 Å². The molecule has 0 aliphatic heterocycles. The number of hydrogen-bond acceptors (Lipinski definition) is 1. The van der Waals surface area contributed by atoms with Crippen LogP contribution >= 0.6 is 0 Å². The fraction of sp³-hybridized carbons (Fsp3) is 0. The Kier molecular flexibility index (Phi) is 6.00. The molecule has 11 heavy (non-hydrogen) atoms. The third-order valence-electron chi connectivity index (χ3n) is 1.26. The quantitative estimate of drug-likeness (QED) is 0.320. The molecule has 0 spiro atoms. The molecule has 1 aromatic carbocycles. The fourth-order valence-electron chi connectivity index (χ4n) is 0.743. The van der Waals surface area contributed by atoms with Crippen LogP contribution in [-0.2, 0) is 0 Å². The van der Waals surface area contributed by atoms with Crippen molar-refractivity contribution >= 4 is 18.5 Å². The largest absolute Gasteiger partial charge is 1.00 e. The first-order chi connectivity index (χ1) is 4.88. The van der Waals surface area contributed by atoms with Gasteiger partial charge in [-0.2, -0.15) is 18.2 Å². The second kappa shape index (κ2) is 5.86. The Labute approximate surface area is 110 Å². The number of aliphatic imine (C=N–C) groups is 1. The molecule has 0 radical (unpaired) electrons. The average molecular weight is 169 g/mol. The maximum Gasteiger partial charge on any atom is 1.00 e. The summed E-state index contributed by atoms with van der Waals surface area (Å²) in [5.74, 6) is 0. The first kappa shape index (κ1) is 11.3. The molecule has 0 fully saturated rings. The van der Waals surface area contributed by atoms with Crippen LogP contribution in [0.1, 0.15) is 5.56 Å². The van der Waals surface area contributed by atoms with Crippen LogP contribution in [0, 0.1) is 6.07 Å². The molecule has 1 aromatic rings. The molecule has 1 nitrogen and oxygen atoms in total. The molecule has 0 N–H and O–H groups in total. The predicted molar refractivity (Wildman–Crippen MR) is 44.6 cm³/mol. The molecule has 0 saturated heterocycles. The third-order valence-corrected chi connectivity index (χ3v) is 1.26. The zero-order valence-electron chi connectivity index (χ0n) is 6.67. The Balaban J connectivity index is 0.000001000. The zero-order valence-corrected chi connectivity index (χ0v) is 9.79. The summed E-state index contributed by atoms with van der Waals surface area (Å²) in [6.45, 7) is 7.06. The van der Waals surface area contributed by atoms with Crippen molar-refractivity contribution in [1.82, 2.24) is 0 Å². The Hall–Kier alpha value is 0.266. The Bertz CT molecular complexity index is 228. The van der Waals surface area contributed by atoms with Crippen LogP contribution in [0.15, 0.2) is 29.8 Å². The van der Waals surface area contributed by atoms with Crippen LogP contribution in [0.25, 0.3) is 6.08 Å². The van der Waals surface area contributed by atoms with Gasteiger partial charge in [-0.3, -0.25) is 4.99 Å². The van der Waals surface area contributed by atoms with Gasteiger partial charge >= 0.3 is 51.4 Å². The third kappa shape index (κ3) is 3.01. The van der Waals surface area contributed by atoms with Crippen molar-refractivity contribution in [1.29, 1.82) is 0 Å². The van der Waals surface area contributed by atoms with Gasteiger partial charge in [0.25, 0.3) is 0 Å². The van der Waals surface area contributed by atoms with E-state index in [4.69, 9.17) is 0 Å². The van der Waals surface area contributed by atoms with Gasteiger partial charge in [0.05, 0.1) is 0 Å². The van der Waals surface area contributed by atoms with Crippen molar-refractivity contribution in [2.45, 2.75) is 0 Å². The van der Waals surface area contributed by atoms with E-state index in [0.29, 0.717) is 0 Å². The van der Waals surface area contributed by atoms with Gasteiger partial charge in [-0.1, -0.05) is 0 Å². The van der Waals surface area contributed by atoms with E-state index >= 15 is 0 Å². The van der Waals surface area contributed by atoms with Crippen molar-refractivity contribution in [2.75, 3.05) is 0 Å². The van der Waals surface area contributed by atoms with E-state index < -0.39 is 0 Å². The Morgan fingerprint density at radius 1 is 1.55 bits per heavy atom. The number of benzene rings is 1. The van der Waals surface area contributed by atoms with Crippen LogP contribution in [0.4, 0.5) is 5.69 Å². The maximum atomic E-state index is 3.80. The van der Waals surface area contributed by atoms with Gasteiger partial charge in [0.1, 0.15) is 0 Å².